The summed E-state index contributed by atoms with van der Waals surface area (Å²) in [7, 11) is 3.03. The Bertz CT molecular complexity index is 2030. The maximum Gasteiger partial charge on any atom is 0.331 e. The van der Waals surface area contributed by atoms with E-state index in [1.54, 1.807) is 31.0 Å². The first-order valence-corrected chi connectivity index (χ1v) is 18.8. The highest BCUT2D eigenvalue weighted by atomic mass is 32.2. The molecule has 11 rings (SSSR count). The van der Waals surface area contributed by atoms with Crippen LogP contribution >= 0.6 is 11.8 Å². The lowest BCUT2D eigenvalue weighted by atomic mass is 9.78. The molecule has 0 radical (unpaired) electrons. The highest BCUT2D eigenvalue weighted by Gasteiger charge is 2.62. The quantitative estimate of drug-likeness (QED) is 0.248. The number of phenols is 2. The predicted molar refractivity (Wildman–Crippen MR) is 190 cm³/mol. The Kier molecular flexibility index (Phi) is 7.76. The number of aryl methyl sites for hydroxylation is 1. The van der Waals surface area contributed by atoms with E-state index in [0.29, 0.717) is 53.7 Å². The average molecular weight is 734 g/mol. The summed E-state index contributed by atoms with van der Waals surface area (Å²) in [4.78, 5) is 16.8. The van der Waals surface area contributed by atoms with Crippen molar-refractivity contribution in [2.45, 2.75) is 68.3 Å². The number of piperazine rings is 1. The standard InChI is InChI=1S/C38H43N3O10S/c1-6-48-32-18(3)33-34(51-16-50-33)26-22-13-49-36(44)38(21-11-24(46-4)23(42)10-19(21)7-8-40-38)15-52-35(27(26)32)29-28-25-20(9-17(2)31(47-5)30(25)43)12-37(45,14-39-28)41(22)29/h9-11,22,28-29,35,39-40,42-43,45H,6-8,12-16H2,1-5H3/t22-,28+,29?,35+,37-,38+/m0/s1. The van der Waals surface area contributed by atoms with E-state index in [2.05, 4.69) is 15.5 Å². The Labute approximate surface area is 305 Å². The summed E-state index contributed by atoms with van der Waals surface area (Å²) in [6.45, 7) is 6.79. The van der Waals surface area contributed by atoms with Crippen molar-refractivity contribution in [2.75, 3.05) is 53.1 Å². The smallest absolute Gasteiger partial charge is 0.331 e. The Hall–Kier alpha value is -4.08. The fraction of sp³-hybridized carbons (Fsp3) is 0.500. The summed E-state index contributed by atoms with van der Waals surface area (Å²) in [5, 5.41) is 42.3. The number of ether oxygens (including phenoxy) is 6. The second kappa shape index (κ2) is 12.0. The lowest BCUT2D eigenvalue weighted by molar-refractivity contribution is -0.191. The van der Waals surface area contributed by atoms with E-state index >= 15 is 0 Å². The number of hydrogen-bond donors (Lipinski definition) is 5. The van der Waals surface area contributed by atoms with E-state index in [4.69, 9.17) is 28.4 Å². The second-order valence-electron chi connectivity index (χ2n) is 14.5. The van der Waals surface area contributed by atoms with Crippen LogP contribution in [0.5, 0.6) is 40.2 Å². The van der Waals surface area contributed by atoms with Gasteiger partial charge in [0.25, 0.3) is 0 Å². The van der Waals surface area contributed by atoms with Gasteiger partial charge in [-0.1, -0.05) is 6.07 Å². The van der Waals surface area contributed by atoms with E-state index < -0.39 is 40.6 Å². The van der Waals surface area contributed by atoms with Crippen LogP contribution in [0.4, 0.5) is 0 Å². The molecule has 4 bridgehead atoms. The summed E-state index contributed by atoms with van der Waals surface area (Å²) in [6.07, 6.45) is 0.815. The molecule has 276 valence electrons. The molecule has 0 amide bonds. The van der Waals surface area contributed by atoms with Gasteiger partial charge in [-0.3, -0.25) is 10.2 Å². The zero-order valence-corrected chi connectivity index (χ0v) is 30.6. The summed E-state index contributed by atoms with van der Waals surface area (Å²) < 4.78 is 36.5. The Balaban J connectivity index is 1.31. The SMILES string of the molecule is CCOc1c(C)c2c(c3c1[C@H]1SC[C@]4(NCCc5cc(O)c(OC)cc54)C(=O)OC[C@@H]3N3C1[C@@H]1NC[C@@]3(O)Cc3cc(C)c(OC)c(O)c31)OCO2. The molecule has 52 heavy (non-hydrogen) atoms. The van der Waals surface area contributed by atoms with Crippen molar-refractivity contribution in [2.24, 2.45) is 0 Å². The number of thioether (sulfide) groups is 1. The van der Waals surface area contributed by atoms with Gasteiger partial charge in [0.2, 0.25) is 6.79 Å². The van der Waals surface area contributed by atoms with E-state index in [9.17, 15) is 20.1 Å². The molecule has 2 unspecified atom stereocenters. The van der Waals surface area contributed by atoms with Gasteiger partial charge in [0.1, 0.15) is 18.1 Å². The number of esters is 1. The molecule has 5 N–H and O–H groups in total. The van der Waals surface area contributed by atoms with Gasteiger partial charge >= 0.3 is 5.97 Å². The molecular formula is C38H43N3O10S. The number of benzene rings is 3. The third-order valence-electron chi connectivity index (χ3n) is 11.8. The van der Waals surface area contributed by atoms with Crippen molar-refractivity contribution in [3.05, 3.63) is 62.7 Å². The van der Waals surface area contributed by atoms with Gasteiger partial charge < -0.3 is 49.1 Å². The molecule has 0 aliphatic carbocycles. The lowest BCUT2D eigenvalue weighted by Gasteiger charge is -2.58. The second-order valence-corrected chi connectivity index (χ2v) is 15.6. The molecule has 1 spiro atoms. The van der Waals surface area contributed by atoms with Gasteiger partial charge in [0, 0.05) is 53.6 Å². The fourth-order valence-corrected chi connectivity index (χ4v) is 11.4. The lowest BCUT2D eigenvalue weighted by Crippen LogP contribution is -2.70. The third-order valence-corrected chi connectivity index (χ3v) is 13.3. The molecule has 14 heteroatoms. The first kappa shape index (κ1) is 33.7. The normalized spacial score (nSPS) is 30.8. The maximum atomic E-state index is 14.7. The molecule has 2 fully saturated rings. The van der Waals surface area contributed by atoms with Crippen LogP contribution in [0.1, 0.15) is 68.8 Å². The molecule has 13 nitrogen and oxygen atoms in total. The number of nitrogens with zero attached hydrogens (tertiary/aromatic N) is 1. The number of aromatic hydroxyl groups is 2. The minimum atomic E-state index is -1.45. The minimum absolute atomic E-state index is 0.00801. The first-order chi connectivity index (χ1) is 25.1. The number of fused-ring (bicyclic) bond motifs is 6. The summed E-state index contributed by atoms with van der Waals surface area (Å²) in [6, 6.07) is 3.79. The van der Waals surface area contributed by atoms with Crippen molar-refractivity contribution in [3.63, 3.8) is 0 Å². The van der Waals surface area contributed by atoms with Crippen LogP contribution in [0.2, 0.25) is 0 Å². The van der Waals surface area contributed by atoms with Gasteiger partial charge in [-0.15, -0.1) is 11.8 Å². The molecule has 7 atom stereocenters. The average Bonchev–Trinajstić information content (AvgIpc) is 3.53. The molecule has 3 aromatic rings. The number of hydrogen-bond acceptors (Lipinski definition) is 14. The number of phenolic OH excluding ortho intramolecular Hbond substituents is 2. The topological polar surface area (TPSA) is 160 Å². The molecule has 2 saturated heterocycles. The highest BCUT2D eigenvalue weighted by molar-refractivity contribution is 7.99. The zero-order valence-electron chi connectivity index (χ0n) is 29.8. The first-order valence-electron chi connectivity index (χ1n) is 17.7. The van der Waals surface area contributed by atoms with Gasteiger partial charge in [-0.05, 0) is 61.6 Å². The van der Waals surface area contributed by atoms with Crippen LogP contribution in [-0.2, 0) is 27.9 Å². The van der Waals surface area contributed by atoms with Crippen LogP contribution in [-0.4, -0.2) is 91.0 Å². The van der Waals surface area contributed by atoms with Crippen LogP contribution in [0.25, 0.3) is 0 Å². The molecule has 8 heterocycles. The molecule has 8 aliphatic rings. The summed E-state index contributed by atoms with van der Waals surface area (Å²) in [5.74, 6) is 2.29. The molecule has 0 aromatic heterocycles. The summed E-state index contributed by atoms with van der Waals surface area (Å²) in [5.41, 5.74) is 3.52. The van der Waals surface area contributed by atoms with E-state index in [1.165, 1.54) is 7.11 Å². The third kappa shape index (κ3) is 4.47. The van der Waals surface area contributed by atoms with Crippen molar-refractivity contribution in [1.29, 1.82) is 0 Å². The zero-order chi connectivity index (χ0) is 36.3. The van der Waals surface area contributed by atoms with Gasteiger partial charge in [0.05, 0.1) is 38.2 Å². The number of methoxy groups -OCH3 is 2. The predicted octanol–water partition coefficient (Wildman–Crippen LogP) is 3.55. The highest BCUT2D eigenvalue weighted by Crippen LogP contribution is 2.64. The van der Waals surface area contributed by atoms with Crippen LogP contribution in [0, 0.1) is 13.8 Å². The van der Waals surface area contributed by atoms with E-state index in [-0.39, 0.29) is 49.4 Å². The van der Waals surface area contributed by atoms with E-state index in [0.717, 1.165) is 33.4 Å². The Morgan fingerprint density at radius 2 is 1.83 bits per heavy atom. The van der Waals surface area contributed by atoms with Crippen LogP contribution in [0.3, 0.4) is 0 Å². The summed E-state index contributed by atoms with van der Waals surface area (Å²) >= 11 is 1.56. The molecule has 3 aromatic carbocycles. The maximum absolute atomic E-state index is 14.7. The van der Waals surface area contributed by atoms with Crippen molar-refractivity contribution >= 4 is 17.7 Å². The Morgan fingerprint density at radius 1 is 1.02 bits per heavy atom. The van der Waals surface area contributed by atoms with Crippen LogP contribution < -0.4 is 34.3 Å². The van der Waals surface area contributed by atoms with Crippen molar-refractivity contribution in [3.8, 4) is 40.2 Å². The monoisotopic (exact) mass is 733 g/mol. The van der Waals surface area contributed by atoms with E-state index in [1.807, 2.05) is 26.8 Å². The van der Waals surface area contributed by atoms with Gasteiger partial charge in [-0.2, -0.15) is 0 Å². The van der Waals surface area contributed by atoms with Gasteiger partial charge in [0.15, 0.2) is 40.0 Å². The number of nitrogens with one attached hydrogen (secondary N) is 2. The molecule has 0 saturated carbocycles. The molecular weight excluding hydrogens is 690 g/mol. The number of carbonyl (C=O) groups is 1. The number of aliphatic hydroxyl groups is 1. The Morgan fingerprint density at radius 3 is 2.60 bits per heavy atom. The van der Waals surface area contributed by atoms with Crippen molar-refractivity contribution in [1.82, 2.24) is 15.5 Å². The van der Waals surface area contributed by atoms with Crippen molar-refractivity contribution < 1.29 is 48.5 Å². The van der Waals surface area contributed by atoms with Crippen LogP contribution in [0.15, 0.2) is 18.2 Å². The number of rotatable bonds is 4. The van der Waals surface area contributed by atoms with Gasteiger partial charge in [-0.25, -0.2) is 4.79 Å². The largest absolute Gasteiger partial charge is 0.504 e. The minimum Gasteiger partial charge on any atom is -0.504 e. The fourth-order valence-electron chi connectivity index (χ4n) is 9.74. The number of carbonyl (C=O) groups excluding carboxylic acids is 1. The molecule has 8 aliphatic heterocycles.